The third-order valence-corrected chi connectivity index (χ3v) is 3.24. The van der Waals surface area contributed by atoms with Crippen LogP contribution in [-0.4, -0.2) is 49.8 Å². The molecule has 1 aromatic carbocycles. The second-order valence-electron chi connectivity index (χ2n) is 5.08. The van der Waals surface area contributed by atoms with E-state index in [1.807, 2.05) is 43.4 Å². The zero-order valence-electron chi connectivity index (χ0n) is 12.1. The van der Waals surface area contributed by atoms with Crippen LogP contribution in [0.15, 0.2) is 30.5 Å². The molecule has 1 aromatic heterocycles. The van der Waals surface area contributed by atoms with Crippen LogP contribution in [0, 0.1) is 0 Å². The van der Waals surface area contributed by atoms with Crippen LogP contribution >= 0.6 is 0 Å². The third-order valence-electron chi connectivity index (χ3n) is 3.24. The van der Waals surface area contributed by atoms with E-state index in [4.69, 9.17) is 4.74 Å². The summed E-state index contributed by atoms with van der Waals surface area (Å²) < 4.78 is 4.88. The van der Waals surface area contributed by atoms with E-state index < -0.39 is 0 Å². The largest absolute Gasteiger partial charge is 0.468 e. The van der Waals surface area contributed by atoms with E-state index in [9.17, 15) is 4.79 Å². The topological polar surface area (TPSA) is 57.4 Å². The molecule has 0 bridgehead atoms. The lowest BCUT2D eigenvalue weighted by atomic mass is 10.1. The minimum absolute atomic E-state index is 0.239. The molecule has 108 valence electrons. The molecule has 0 saturated carbocycles. The van der Waals surface area contributed by atoms with E-state index in [-0.39, 0.29) is 12.0 Å². The van der Waals surface area contributed by atoms with Gasteiger partial charge in [0.2, 0.25) is 0 Å². The van der Waals surface area contributed by atoms with Gasteiger partial charge in [0.05, 0.1) is 7.11 Å². The van der Waals surface area contributed by atoms with Crippen molar-refractivity contribution < 1.29 is 9.53 Å². The number of ether oxygens (including phenoxy) is 1. The van der Waals surface area contributed by atoms with E-state index >= 15 is 0 Å². The molecule has 0 amide bonds. The highest BCUT2D eigenvalue weighted by molar-refractivity contribution is 5.84. The highest BCUT2D eigenvalue weighted by Gasteiger charge is 2.20. The zero-order chi connectivity index (χ0) is 14.5. The van der Waals surface area contributed by atoms with Crippen LogP contribution in [0.5, 0.6) is 0 Å². The highest BCUT2D eigenvalue weighted by atomic mass is 16.5. The smallest absolute Gasteiger partial charge is 0.323 e. The standard InChI is InChI=1S/C15H21N3O2/c1-18(2)10-17-14(15(19)20-3)8-11-9-16-13-7-5-4-6-12(11)13/h4-7,9,14,16-17H,8,10H2,1-3H3/t14-/m0/s1. The van der Waals surface area contributed by atoms with Gasteiger partial charge in [0.1, 0.15) is 6.04 Å². The van der Waals surface area contributed by atoms with Gasteiger partial charge in [0.15, 0.2) is 0 Å². The molecule has 2 aromatic rings. The number of nitrogens with zero attached hydrogens (tertiary/aromatic N) is 1. The number of fused-ring (bicyclic) bond motifs is 1. The summed E-state index contributed by atoms with van der Waals surface area (Å²) >= 11 is 0. The van der Waals surface area contributed by atoms with Gasteiger partial charge in [-0.15, -0.1) is 0 Å². The number of para-hydroxylation sites is 1. The monoisotopic (exact) mass is 275 g/mol. The van der Waals surface area contributed by atoms with Crippen LogP contribution in [-0.2, 0) is 16.0 Å². The lowest BCUT2D eigenvalue weighted by molar-refractivity contribution is -0.143. The molecule has 0 fully saturated rings. The van der Waals surface area contributed by atoms with Gasteiger partial charge in [-0.05, 0) is 25.7 Å². The Hall–Kier alpha value is -1.85. The molecule has 5 heteroatoms. The maximum Gasteiger partial charge on any atom is 0.323 e. The molecule has 0 aliphatic rings. The molecule has 1 atom stereocenters. The molecule has 0 spiro atoms. The average Bonchev–Trinajstić information content (AvgIpc) is 2.85. The summed E-state index contributed by atoms with van der Waals surface area (Å²) in [5.74, 6) is -0.239. The molecule has 0 aliphatic carbocycles. The molecule has 2 N–H and O–H groups in total. The summed E-state index contributed by atoms with van der Waals surface area (Å²) in [4.78, 5) is 17.1. The second kappa shape index (κ2) is 6.54. The van der Waals surface area contributed by atoms with Crippen molar-refractivity contribution in [3.8, 4) is 0 Å². The number of nitrogens with one attached hydrogen (secondary N) is 2. The summed E-state index contributed by atoms with van der Waals surface area (Å²) in [5, 5.41) is 4.36. The number of H-pyrrole nitrogens is 1. The summed E-state index contributed by atoms with van der Waals surface area (Å²) in [5.41, 5.74) is 2.20. The molecule has 2 rings (SSSR count). The SMILES string of the molecule is COC(=O)[C@H](Cc1c[nH]c2ccccc12)NCN(C)C. The Morgan fingerprint density at radius 2 is 2.15 bits per heavy atom. The Labute approximate surface area is 118 Å². The number of esters is 1. The van der Waals surface area contributed by atoms with E-state index in [1.165, 1.54) is 7.11 Å². The van der Waals surface area contributed by atoms with Gasteiger partial charge in [-0.1, -0.05) is 18.2 Å². The maximum absolute atomic E-state index is 11.9. The van der Waals surface area contributed by atoms with Crippen molar-refractivity contribution in [3.05, 3.63) is 36.0 Å². The molecule has 1 heterocycles. The van der Waals surface area contributed by atoms with Crippen LogP contribution in [0.3, 0.4) is 0 Å². The van der Waals surface area contributed by atoms with E-state index in [2.05, 4.69) is 16.4 Å². The van der Waals surface area contributed by atoms with Crippen LogP contribution < -0.4 is 5.32 Å². The third kappa shape index (κ3) is 3.37. The molecule has 5 nitrogen and oxygen atoms in total. The van der Waals surface area contributed by atoms with Gasteiger partial charge < -0.3 is 9.72 Å². The predicted molar refractivity (Wildman–Crippen MR) is 79.5 cm³/mol. The van der Waals surface area contributed by atoms with Gasteiger partial charge >= 0.3 is 5.97 Å². The summed E-state index contributed by atoms with van der Waals surface area (Å²) in [7, 11) is 5.32. The van der Waals surface area contributed by atoms with E-state index in [1.54, 1.807) is 0 Å². The fraction of sp³-hybridized carbons (Fsp3) is 0.400. The van der Waals surface area contributed by atoms with Gasteiger partial charge in [0, 0.05) is 30.2 Å². The Kier molecular flexibility index (Phi) is 4.76. The molecule has 0 saturated heterocycles. The van der Waals surface area contributed by atoms with Crippen molar-refractivity contribution in [2.45, 2.75) is 12.5 Å². The van der Waals surface area contributed by atoms with Crippen molar-refractivity contribution in [1.82, 2.24) is 15.2 Å². The fourth-order valence-electron chi connectivity index (χ4n) is 2.19. The number of aromatic amines is 1. The first-order chi connectivity index (χ1) is 9.61. The second-order valence-corrected chi connectivity index (χ2v) is 5.08. The number of benzene rings is 1. The molecule has 0 unspecified atom stereocenters. The van der Waals surface area contributed by atoms with Crippen molar-refractivity contribution in [3.63, 3.8) is 0 Å². The van der Waals surface area contributed by atoms with Gasteiger partial charge in [-0.3, -0.25) is 15.0 Å². The fourth-order valence-corrected chi connectivity index (χ4v) is 2.19. The van der Waals surface area contributed by atoms with Gasteiger partial charge in [-0.2, -0.15) is 0 Å². The first-order valence-electron chi connectivity index (χ1n) is 6.62. The van der Waals surface area contributed by atoms with Crippen molar-refractivity contribution >= 4 is 16.9 Å². The number of carbonyl (C=O) groups is 1. The van der Waals surface area contributed by atoms with Crippen LogP contribution in [0.25, 0.3) is 10.9 Å². The maximum atomic E-state index is 11.9. The van der Waals surface area contributed by atoms with Crippen LogP contribution in [0.2, 0.25) is 0 Å². The van der Waals surface area contributed by atoms with E-state index in [0.29, 0.717) is 13.1 Å². The van der Waals surface area contributed by atoms with Gasteiger partial charge in [0.25, 0.3) is 0 Å². The van der Waals surface area contributed by atoms with E-state index in [0.717, 1.165) is 16.5 Å². The number of hydrogen-bond acceptors (Lipinski definition) is 4. The molecule has 0 aliphatic heterocycles. The van der Waals surface area contributed by atoms with Gasteiger partial charge in [-0.25, -0.2) is 0 Å². The molecular weight excluding hydrogens is 254 g/mol. The highest BCUT2D eigenvalue weighted by Crippen LogP contribution is 2.19. The zero-order valence-corrected chi connectivity index (χ0v) is 12.1. The Morgan fingerprint density at radius 3 is 2.85 bits per heavy atom. The Bertz CT molecular complexity index is 577. The summed E-state index contributed by atoms with van der Waals surface area (Å²) in [6.45, 7) is 0.627. The summed E-state index contributed by atoms with van der Waals surface area (Å²) in [6.07, 6.45) is 2.56. The number of methoxy groups -OCH3 is 1. The lowest BCUT2D eigenvalue weighted by Crippen LogP contribution is -2.43. The molecule has 20 heavy (non-hydrogen) atoms. The minimum atomic E-state index is -0.346. The number of aromatic nitrogens is 1. The van der Waals surface area contributed by atoms with Crippen molar-refractivity contribution in [1.29, 1.82) is 0 Å². The lowest BCUT2D eigenvalue weighted by Gasteiger charge is -2.19. The summed E-state index contributed by atoms with van der Waals surface area (Å²) in [6, 6.07) is 7.73. The Balaban J connectivity index is 2.16. The minimum Gasteiger partial charge on any atom is -0.468 e. The predicted octanol–water partition coefficient (Wildman–Crippen LogP) is 1.36. The Morgan fingerprint density at radius 1 is 1.40 bits per heavy atom. The molecular formula is C15H21N3O2. The molecule has 0 radical (unpaired) electrons. The quantitative estimate of drug-likeness (QED) is 0.617. The van der Waals surface area contributed by atoms with Crippen molar-refractivity contribution in [2.75, 3.05) is 27.9 Å². The van der Waals surface area contributed by atoms with Crippen molar-refractivity contribution in [2.24, 2.45) is 0 Å². The number of rotatable bonds is 6. The number of carbonyl (C=O) groups excluding carboxylic acids is 1. The van der Waals surface area contributed by atoms with Crippen LogP contribution in [0.1, 0.15) is 5.56 Å². The van der Waals surface area contributed by atoms with Crippen LogP contribution in [0.4, 0.5) is 0 Å². The number of hydrogen-bond donors (Lipinski definition) is 2. The first-order valence-corrected chi connectivity index (χ1v) is 6.62. The average molecular weight is 275 g/mol. The first kappa shape index (κ1) is 14.6. The normalized spacial score (nSPS) is 12.8.